The lowest BCUT2D eigenvalue weighted by Gasteiger charge is -2.31. The maximum absolute atomic E-state index is 2.44. The molecule has 358 valence electrons. The highest BCUT2D eigenvalue weighted by atomic mass is 15.2. The minimum atomic E-state index is -0.322. The molecule has 13 rings (SSSR count). The molecule has 0 aromatic heterocycles. The first-order valence-corrected chi connectivity index (χ1v) is 25.8. The summed E-state index contributed by atoms with van der Waals surface area (Å²) in [6.45, 7) is 4.78. The number of hydrogen-bond acceptors (Lipinski definition) is 4. The second kappa shape index (κ2) is 19.1. The van der Waals surface area contributed by atoms with E-state index in [-0.39, 0.29) is 5.41 Å². The molecule has 0 aliphatic heterocycles. The molecule has 75 heavy (non-hydrogen) atoms. The first kappa shape index (κ1) is 45.2. The van der Waals surface area contributed by atoms with Crippen LogP contribution < -0.4 is 19.6 Å². The van der Waals surface area contributed by atoms with Crippen molar-refractivity contribution >= 4 is 89.8 Å². The maximum atomic E-state index is 2.44. The van der Waals surface area contributed by atoms with Gasteiger partial charge in [-0.05, 0) is 166 Å². The number of nitrogens with zero attached hydrogens (tertiary/aromatic N) is 4. The Balaban J connectivity index is 0.909. The van der Waals surface area contributed by atoms with E-state index in [9.17, 15) is 0 Å². The highest BCUT2D eigenvalue weighted by Gasteiger charge is 2.37. The smallest absolute Gasteiger partial charge is 0.0540 e. The second-order valence-electron chi connectivity index (χ2n) is 19.8. The molecule has 4 nitrogen and oxygen atoms in total. The Labute approximate surface area is 439 Å². The number of hydrogen-bond donors (Lipinski definition) is 0. The van der Waals surface area contributed by atoms with Crippen LogP contribution in [-0.2, 0) is 5.41 Å². The predicted molar refractivity (Wildman–Crippen MR) is 318 cm³/mol. The molecule has 12 aromatic rings. The Morgan fingerprint density at radius 1 is 0.227 bits per heavy atom. The van der Waals surface area contributed by atoms with Gasteiger partial charge in [0.2, 0.25) is 0 Å². The Hall–Kier alpha value is -9.64. The van der Waals surface area contributed by atoms with Gasteiger partial charge >= 0.3 is 0 Å². The zero-order valence-electron chi connectivity index (χ0n) is 42.0. The Kier molecular flexibility index (Phi) is 11.5. The van der Waals surface area contributed by atoms with Crippen molar-refractivity contribution in [2.45, 2.75) is 19.3 Å². The summed E-state index contributed by atoms with van der Waals surface area (Å²) in [5.74, 6) is 0. The number of para-hydroxylation sites is 4. The molecule has 0 bridgehead atoms. The van der Waals surface area contributed by atoms with Crippen molar-refractivity contribution < 1.29 is 0 Å². The van der Waals surface area contributed by atoms with E-state index < -0.39 is 0 Å². The molecular weight excluding hydrogens is 909 g/mol. The lowest BCUT2D eigenvalue weighted by Crippen LogP contribution is -2.18. The van der Waals surface area contributed by atoms with Crippen LogP contribution in [-0.4, -0.2) is 0 Å². The van der Waals surface area contributed by atoms with Crippen molar-refractivity contribution in [1.29, 1.82) is 0 Å². The Morgan fingerprint density at radius 2 is 0.493 bits per heavy atom. The molecule has 0 saturated carbocycles. The van der Waals surface area contributed by atoms with Gasteiger partial charge in [0.1, 0.15) is 0 Å². The molecule has 1 aliphatic carbocycles. The lowest BCUT2D eigenvalue weighted by atomic mass is 9.82. The van der Waals surface area contributed by atoms with E-state index in [1.807, 2.05) is 0 Å². The Morgan fingerprint density at radius 3 is 0.840 bits per heavy atom. The quantitative estimate of drug-likeness (QED) is 0.121. The third-order valence-electron chi connectivity index (χ3n) is 15.0. The SMILES string of the molecule is CC1(C)c2cc(N(c3ccc(N(c4ccccc4)c4ccccc4)cc3)c3cccc4ccccc34)ccc2-c2ccc(N(c3ccc(N(c4ccccc4)c4ccccc4)cc3)c3cccc4ccccc34)cc21. The molecule has 12 aromatic carbocycles. The van der Waals surface area contributed by atoms with Gasteiger partial charge in [0.15, 0.2) is 0 Å². The summed E-state index contributed by atoms with van der Waals surface area (Å²) in [5, 5.41) is 4.79. The van der Waals surface area contributed by atoms with Gasteiger partial charge in [-0.3, -0.25) is 0 Å². The van der Waals surface area contributed by atoms with Gasteiger partial charge in [-0.1, -0.05) is 172 Å². The second-order valence-corrected chi connectivity index (χ2v) is 19.8. The largest absolute Gasteiger partial charge is 0.311 e. The summed E-state index contributed by atoms with van der Waals surface area (Å²) in [4.78, 5) is 9.51. The van der Waals surface area contributed by atoms with Crippen LogP contribution in [0.4, 0.5) is 68.2 Å². The summed E-state index contributed by atoms with van der Waals surface area (Å²) < 4.78 is 0. The monoisotopic (exact) mass is 962 g/mol. The average molecular weight is 963 g/mol. The molecule has 0 N–H and O–H groups in total. The molecule has 0 spiro atoms. The van der Waals surface area contributed by atoms with Crippen LogP contribution in [0.2, 0.25) is 0 Å². The third-order valence-corrected chi connectivity index (χ3v) is 15.0. The fraction of sp³-hybridized carbons (Fsp3) is 0.0423. The molecular formula is C71H54N4. The Bertz CT molecular complexity index is 3620. The lowest BCUT2D eigenvalue weighted by molar-refractivity contribution is 0.660. The van der Waals surface area contributed by atoms with E-state index in [2.05, 4.69) is 325 Å². The summed E-state index contributed by atoms with van der Waals surface area (Å²) in [5.41, 5.74) is 18.1. The average Bonchev–Trinajstić information content (AvgIpc) is 3.72. The predicted octanol–water partition coefficient (Wildman–Crippen LogP) is 20.2. The van der Waals surface area contributed by atoms with Crippen molar-refractivity contribution in [2.24, 2.45) is 0 Å². The van der Waals surface area contributed by atoms with Crippen LogP contribution in [0, 0.1) is 0 Å². The van der Waals surface area contributed by atoms with E-state index >= 15 is 0 Å². The van der Waals surface area contributed by atoms with E-state index in [1.165, 1.54) is 43.8 Å². The topological polar surface area (TPSA) is 13.0 Å². The van der Waals surface area contributed by atoms with Crippen molar-refractivity contribution in [3.8, 4) is 11.1 Å². The van der Waals surface area contributed by atoms with Gasteiger partial charge in [0, 0.05) is 73.1 Å². The molecule has 4 heteroatoms. The molecule has 1 aliphatic rings. The highest BCUT2D eigenvalue weighted by Crippen LogP contribution is 2.53. The molecule has 0 heterocycles. The normalized spacial score (nSPS) is 12.2. The zero-order valence-corrected chi connectivity index (χ0v) is 42.0. The minimum Gasteiger partial charge on any atom is -0.311 e. The minimum absolute atomic E-state index is 0.322. The molecule has 0 atom stereocenters. The highest BCUT2D eigenvalue weighted by molar-refractivity contribution is 6.01. The van der Waals surface area contributed by atoms with E-state index in [1.54, 1.807) is 0 Å². The van der Waals surface area contributed by atoms with Crippen LogP contribution >= 0.6 is 0 Å². The van der Waals surface area contributed by atoms with Crippen molar-refractivity contribution in [3.05, 3.63) is 302 Å². The van der Waals surface area contributed by atoms with E-state index in [0.717, 1.165) is 68.2 Å². The van der Waals surface area contributed by atoms with E-state index in [0.29, 0.717) is 0 Å². The van der Waals surface area contributed by atoms with Crippen LogP contribution in [0.3, 0.4) is 0 Å². The number of fused-ring (bicyclic) bond motifs is 5. The van der Waals surface area contributed by atoms with Crippen molar-refractivity contribution in [1.82, 2.24) is 0 Å². The molecule has 0 radical (unpaired) electrons. The van der Waals surface area contributed by atoms with Gasteiger partial charge in [0.05, 0.1) is 11.4 Å². The molecule has 0 amide bonds. The van der Waals surface area contributed by atoms with Crippen molar-refractivity contribution in [2.75, 3.05) is 19.6 Å². The number of anilines is 12. The van der Waals surface area contributed by atoms with Crippen LogP contribution in [0.5, 0.6) is 0 Å². The van der Waals surface area contributed by atoms with Gasteiger partial charge < -0.3 is 19.6 Å². The van der Waals surface area contributed by atoms with Gasteiger partial charge in [-0.15, -0.1) is 0 Å². The molecule has 0 fully saturated rings. The number of rotatable bonds is 12. The maximum Gasteiger partial charge on any atom is 0.0540 e. The van der Waals surface area contributed by atoms with E-state index in [4.69, 9.17) is 0 Å². The number of benzene rings is 12. The first-order chi connectivity index (χ1) is 37.0. The molecule has 0 saturated heterocycles. The van der Waals surface area contributed by atoms with Gasteiger partial charge in [0.25, 0.3) is 0 Å². The van der Waals surface area contributed by atoms with Gasteiger partial charge in [-0.25, -0.2) is 0 Å². The fourth-order valence-electron chi connectivity index (χ4n) is 11.4. The van der Waals surface area contributed by atoms with Crippen LogP contribution in [0.1, 0.15) is 25.0 Å². The van der Waals surface area contributed by atoms with Crippen LogP contribution in [0.15, 0.2) is 291 Å². The fourth-order valence-corrected chi connectivity index (χ4v) is 11.4. The zero-order chi connectivity index (χ0) is 50.3. The van der Waals surface area contributed by atoms with Crippen LogP contribution in [0.25, 0.3) is 32.7 Å². The summed E-state index contributed by atoms with van der Waals surface area (Å²) >= 11 is 0. The molecule has 0 unspecified atom stereocenters. The third kappa shape index (κ3) is 8.23. The summed E-state index contributed by atoms with van der Waals surface area (Å²) in [7, 11) is 0. The first-order valence-electron chi connectivity index (χ1n) is 25.8. The van der Waals surface area contributed by atoms with Crippen molar-refractivity contribution in [3.63, 3.8) is 0 Å². The van der Waals surface area contributed by atoms with Gasteiger partial charge in [-0.2, -0.15) is 0 Å². The standard InChI is InChI=1S/C71H54N4/c1-71(2)67-49-61(74(69-35-19-23-51-21-15-17-33-63(51)69)59-41-37-57(38-42-59)72(53-25-7-3-8-26-53)54-27-9-4-10-28-54)45-47-65(67)66-48-46-62(50-68(66)71)75(70-36-20-24-52-22-16-18-34-64(52)70)60-43-39-58(40-44-60)73(55-29-11-5-12-30-55)56-31-13-6-14-32-56/h3-50H,1-2H3. The summed E-state index contributed by atoms with van der Waals surface area (Å²) in [6, 6.07) is 105. The summed E-state index contributed by atoms with van der Waals surface area (Å²) in [6.07, 6.45) is 0.